The van der Waals surface area contributed by atoms with Gasteiger partial charge >= 0.3 is 11.7 Å². The first-order chi connectivity index (χ1) is 12.4. The van der Waals surface area contributed by atoms with Crippen molar-refractivity contribution < 1.29 is 15.0 Å². The van der Waals surface area contributed by atoms with Gasteiger partial charge in [-0.05, 0) is 47.4 Å². The number of H-pyrrole nitrogens is 1. The number of carboxylic acid groups (broad SMARTS) is 1. The summed E-state index contributed by atoms with van der Waals surface area (Å²) in [6, 6.07) is 11.5. The number of carboxylic acids is 1. The van der Waals surface area contributed by atoms with Crippen LogP contribution < -0.4 is 5.69 Å². The maximum atomic E-state index is 12.2. The summed E-state index contributed by atoms with van der Waals surface area (Å²) in [5.74, 6) is -0.211. The fourth-order valence-corrected chi connectivity index (χ4v) is 2.78. The Kier molecular flexibility index (Phi) is 4.62. The number of hydrogen-bond acceptors (Lipinski definition) is 4. The molecule has 0 saturated heterocycles. The Morgan fingerprint density at radius 2 is 1.88 bits per heavy atom. The molecule has 1 aromatic heterocycles. The molecule has 0 unspecified atom stereocenters. The fourth-order valence-electron chi connectivity index (χ4n) is 2.78. The van der Waals surface area contributed by atoms with Gasteiger partial charge < -0.3 is 10.2 Å². The number of phenols is 1. The van der Waals surface area contributed by atoms with Crippen LogP contribution in [-0.4, -0.2) is 30.9 Å². The van der Waals surface area contributed by atoms with Crippen LogP contribution >= 0.6 is 0 Å². The number of aromatic carboxylic acids is 1. The van der Waals surface area contributed by atoms with Crippen LogP contribution in [0.1, 0.15) is 41.3 Å². The number of aromatic nitrogens is 3. The van der Waals surface area contributed by atoms with E-state index in [-0.39, 0.29) is 29.5 Å². The number of aromatic amines is 1. The Hall–Kier alpha value is -3.35. The molecule has 7 heteroatoms. The Morgan fingerprint density at radius 1 is 1.19 bits per heavy atom. The highest BCUT2D eigenvalue weighted by Crippen LogP contribution is 2.29. The minimum absolute atomic E-state index is 0.123. The topological polar surface area (TPSA) is 108 Å². The van der Waals surface area contributed by atoms with Crippen molar-refractivity contribution in [2.45, 2.75) is 26.3 Å². The first-order valence-electron chi connectivity index (χ1n) is 8.17. The Labute approximate surface area is 149 Å². The molecule has 134 valence electrons. The Morgan fingerprint density at radius 3 is 2.50 bits per heavy atom. The predicted molar refractivity (Wildman–Crippen MR) is 96.5 cm³/mol. The standard InChI is InChI=1S/C19H19N3O4/c1-11(2)15-9-14(7-8-16(15)23)17-20-21-19(26)22(17)10-12-3-5-13(6-4-12)18(24)25/h3-9,11,23H,10H2,1-2H3,(H,21,26)(H,24,25). The van der Waals surface area contributed by atoms with E-state index in [9.17, 15) is 14.7 Å². The van der Waals surface area contributed by atoms with E-state index in [0.29, 0.717) is 11.4 Å². The Bertz CT molecular complexity index is 1000. The summed E-state index contributed by atoms with van der Waals surface area (Å²) in [5.41, 5.74) is 2.10. The van der Waals surface area contributed by atoms with Gasteiger partial charge in [0.1, 0.15) is 5.75 Å². The van der Waals surface area contributed by atoms with Crippen LogP contribution in [0.2, 0.25) is 0 Å². The van der Waals surface area contributed by atoms with E-state index in [4.69, 9.17) is 5.11 Å². The summed E-state index contributed by atoms with van der Waals surface area (Å²) in [6.07, 6.45) is 0. The summed E-state index contributed by atoms with van der Waals surface area (Å²) in [6.45, 7) is 4.20. The lowest BCUT2D eigenvalue weighted by Crippen LogP contribution is -2.18. The first kappa shape index (κ1) is 17.5. The van der Waals surface area contributed by atoms with Gasteiger partial charge in [0.15, 0.2) is 5.82 Å². The number of nitrogens with zero attached hydrogens (tertiary/aromatic N) is 2. The summed E-state index contributed by atoms with van der Waals surface area (Å²) in [7, 11) is 0. The van der Waals surface area contributed by atoms with Crippen molar-refractivity contribution in [2.24, 2.45) is 0 Å². The highest BCUT2D eigenvalue weighted by atomic mass is 16.4. The summed E-state index contributed by atoms with van der Waals surface area (Å²) < 4.78 is 1.48. The molecule has 0 bridgehead atoms. The smallest absolute Gasteiger partial charge is 0.343 e. The fraction of sp³-hybridized carbons (Fsp3) is 0.211. The predicted octanol–water partition coefficient (Wildman–Crippen LogP) is 2.81. The number of phenolic OH excluding ortho intramolecular Hbond substituents is 1. The highest BCUT2D eigenvalue weighted by molar-refractivity contribution is 5.87. The van der Waals surface area contributed by atoms with Gasteiger partial charge in [0.25, 0.3) is 0 Å². The lowest BCUT2D eigenvalue weighted by atomic mass is 9.99. The zero-order chi connectivity index (χ0) is 18.8. The molecule has 0 spiro atoms. The van der Waals surface area contributed by atoms with Crippen LogP contribution in [0.3, 0.4) is 0 Å². The van der Waals surface area contributed by atoms with Crippen molar-refractivity contribution in [2.75, 3.05) is 0 Å². The second-order valence-electron chi connectivity index (χ2n) is 6.37. The SMILES string of the molecule is CC(C)c1cc(-c2n[nH]c(=O)n2Cc2ccc(C(=O)O)cc2)ccc1O. The Balaban J connectivity index is 1.98. The quantitative estimate of drug-likeness (QED) is 0.654. The van der Waals surface area contributed by atoms with Crippen molar-refractivity contribution in [3.63, 3.8) is 0 Å². The van der Waals surface area contributed by atoms with Crippen LogP contribution in [0.25, 0.3) is 11.4 Å². The third kappa shape index (κ3) is 3.37. The molecule has 7 nitrogen and oxygen atoms in total. The lowest BCUT2D eigenvalue weighted by molar-refractivity contribution is 0.0697. The van der Waals surface area contributed by atoms with Crippen molar-refractivity contribution >= 4 is 5.97 Å². The van der Waals surface area contributed by atoms with E-state index in [2.05, 4.69) is 10.2 Å². The molecule has 0 amide bonds. The van der Waals surface area contributed by atoms with E-state index < -0.39 is 5.97 Å². The minimum atomic E-state index is -0.997. The third-order valence-electron chi connectivity index (χ3n) is 4.21. The van der Waals surface area contributed by atoms with E-state index in [1.807, 2.05) is 19.9 Å². The minimum Gasteiger partial charge on any atom is -0.508 e. The van der Waals surface area contributed by atoms with Crippen LogP contribution in [0, 0.1) is 0 Å². The first-order valence-corrected chi connectivity index (χ1v) is 8.17. The van der Waals surface area contributed by atoms with E-state index in [0.717, 1.165) is 11.1 Å². The number of hydrogen-bond donors (Lipinski definition) is 3. The van der Waals surface area contributed by atoms with Gasteiger partial charge in [-0.15, -0.1) is 0 Å². The van der Waals surface area contributed by atoms with Crippen molar-refractivity contribution in [1.82, 2.24) is 14.8 Å². The molecular weight excluding hydrogens is 334 g/mol. The summed E-state index contributed by atoms with van der Waals surface area (Å²) >= 11 is 0. The molecule has 3 aromatic rings. The van der Waals surface area contributed by atoms with Crippen LogP contribution in [-0.2, 0) is 6.54 Å². The molecule has 3 N–H and O–H groups in total. The average Bonchev–Trinajstić information content (AvgIpc) is 2.96. The normalized spacial score (nSPS) is 11.0. The molecule has 0 aliphatic heterocycles. The molecular formula is C19H19N3O4. The van der Waals surface area contributed by atoms with E-state index >= 15 is 0 Å². The van der Waals surface area contributed by atoms with Crippen LogP contribution in [0.15, 0.2) is 47.3 Å². The van der Waals surface area contributed by atoms with Crippen LogP contribution in [0.4, 0.5) is 0 Å². The molecule has 26 heavy (non-hydrogen) atoms. The molecule has 0 saturated carbocycles. The highest BCUT2D eigenvalue weighted by Gasteiger charge is 2.14. The summed E-state index contributed by atoms with van der Waals surface area (Å²) in [5, 5.41) is 25.5. The zero-order valence-electron chi connectivity index (χ0n) is 14.4. The second kappa shape index (κ2) is 6.87. The summed E-state index contributed by atoms with van der Waals surface area (Å²) in [4.78, 5) is 23.1. The number of benzene rings is 2. The van der Waals surface area contributed by atoms with Crippen molar-refractivity contribution in [1.29, 1.82) is 0 Å². The number of nitrogens with one attached hydrogen (secondary N) is 1. The van der Waals surface area contributed by atoms with Crippen molar-refractivity contribution in [3.05, 3.63) is 69.6 Å². The molecule has 0 radical (unpaired) electrons. The van der Waals surface area contributed by atoms with Gasteiger partial charge in [0, 0.05) is 5.56 Å². The molecule has 1 heterocycles. The number of aromatic hydroxyl groups is 1. The van der Waals surface area contributed by atoms with E-state index in [1.165, 1.54) is 16.7 Å². The average molecular weight is 353 g/mol. The number of rotatable bonds is 5. The van der Waals surface area contributed by atoms with Gasteiger partial charge in [-0.25, -0.2) is 14.7 Å². The molecule has 0 aliphatic rings. The maximum Gasteiger partial charge on any atom is 0.343 e. The molecule has 0 aliphatic carbocycles. The molecule has 0 atom stereocenters. The van der Waals surface area contributed by atoms with Gasteiger partial charge in [0.05, 0.1) is 12.1 Å². The van der Waals surface area contributed by atoms with Gasteiger partial charge in [0.2, 0.25) is 0 Å². The van der Waals surface area contributed by atoms with Crippen LogP contribution in [0.5, 0.6) is 5.75 Å². The van der Waals surface area contributed by atoms with Gasteiger partial charge in [-0.3, -0.25) is 4.57 Å². The maximum absolute atomic E-state index is 12.2. The van der Waals surface area contributed by atoms with Gasteiger partial charge in [-0.2, -0.15) is 5.10 Å². The van der Waals surface area contributed by atoms with Gasteiger partial charge in [-0.1, -0.05) is 26.0 Å². The second-order valence-corrected chi connectivity index (χ2v) is 6.37. The zero-order valence-corrected chi connectivity index (χ0v) is 14.4. The van der Waals surface area contributed by atoms with E-state index in [1.54, 1.807) is 24.3 Å². The largest absolute Gasteiger partial charge is 0.508 e. The van der Waals surface area contributed by atoms with Crippen molar-refractivity contribution in [3.8, 4) is 17.1 Å². The third-order valence-corrected chi connectivity index (χ3v) is 4.21. The molecule has 2 aromatic carbocycles. The monoisotopic (exact) mass is 353 g/mol. The molecule has 0 fully saturated rings. The number of carbonyl (C=O) groups is 1. The lowest BCUT2D eigenvalue weighted by Gasteiger charge is -2.11. The molecule has 3 rings (SSSR count).